The van der Waals surface area contributed by atoms with Gasteiger partial charge in [0.05, 0.1) is 49.7 Å². The van der Waals surface area contributed by atoms with Gasteiger partial charge in [-0.1, -0.05) is 6.07 Å². The van der Waals surface area contributed by atoms with Gasteiger partial charge in [-0.15, -0.1) is 22.7 Å². The zero-order chi connectivity index (χ0) is 37.7. The SMILES string of the molecule is Cc1ccnc(-c2cc(C)ccn2)c1.Cc1ccnc(-c2cc(C)ccn2)c1.[Ru+3].c1csc(-c2ccc(-c3nc4c5cccnc5c5ncccc5c4[nH]3)s2)c1. The van der Waals surface area contributed by atoms with E-state index in [1.165, 1.54) is 32.0 Å². The molecule has 0 saturated heterocycles. The molecule has 8 nitrogen and oxygen atoms in total. The molecule has 0 fully saturated rings. The summed E-state index contributed by atoms with van der Waals surface area (Å²) in [7, 11) is 0. The van der Waals surface area contributed by atoms with E-state index >= 15 is 0 Å². The molecule has 273 valence electrons. The van der Waals surface area contributed by atoms with Crippen LogP contribution < -0.4 is 0 Å². The molecule has 0 aliphatic heterocycles. The minimum Gasteiger partial charge on any atom is -0.337 e. The molecule has 11 heteroatoms. The van der Waals surface area contributed by atoms with Crippen LogP contribution in [0, 0.1) is 27.7 Å². The minimum atomic E-state index is 0. The van der Waals surface area contributed by atoms with Crippen molar-refractivity contribution < 1.29 is 19.5 Å². The molecule has 0 spiro atoms. The number of imidazole rings is 1. The summed E-state index contributed by atoms with van der Waals surface area (Å²) >= 11 is 3.51. The monoisotopic (exact) mass is 854 g/mol. The summed E-state index contributed by atoms with van der Waals surface area (Å²) in [5.41, 5.74) is 12.3. The number of benzene rings is 1. The van der Waals surface area contributed by atoms with Gasteiger partial charge in [-0.3, -0.25) is 29.9 Å². The molecule has 0 aliphatic rings. The van der Waals surface area contributed by atoms with Crippen LogP contribution in [0.25, 0.3) is 76.1 Å². The second-order valence-corrected chi connectivity index (χ2v) is 15.2. The van der Waals surface area contributed by atoms with Crippen molar-refractivity contribution in [3.8, 4) is 43.2 Å². The number of H-pyrrole nitrogens is 1. The third kappa shape index (κ3) is 8.50. The number of hydrogen-bond donors (Lipinski definition) is 1. The first-order valence-electron chi connectivity index (χ1n) is 17.8. The second kappa shape index (κ2) is 17.3. The van der Waals surface area contributed by atoms with E-state index in [9.17, 15) is 0 Å². The standard InChI is InChI=1S/C21H12N4S2.2C12H12N2.Ru/c1-4-12-17(22-9-1)18-13(5-2-10-23-18)20-19(12)24-21(25-20)16-8-7-15(27-16)14-6-3-11-26-14;2*1-9-3-5-13-11(7-9)12-8-10(2)4-6-14-12;/h1-11H,(H,24,25);2*3-8H,1-2H3;/q;;;+3. The Bertz CT molecular complexity index is 2650. The maximum Gasteiger partial charge on any atom is 3.00 e. The van der Waals surface area contributed by atoms with E-state index < -0.39 is 0 Å². The van der Waals surface area contributed by atoms with E-state index in [1.54, 1.807) is 22.7 Å². The largest absolute Gasteiger partial charge is 3.00 e. The summed E-state index contributed by atoms with van der Waals surface area (Å²) in [6, 6.07) is 32.7. The van der Waals surface area contributed by atoms with Crippen LogP contribution in [0.4, 0.5) is 0 Å². The van der Waals surface area contributed by atoms with Crippen molar-refractivity contribution >= 4 is 55.5 Å². The van der Waals surface area contributed by atoms with Gasteiger partial charge >= 0.3 is 19.5 Å². The van der Waals surface area contributed by atoms with Crippen LogP contribution in [0.3, 0.4) is 0 Å². The van der Waals surface area contributed by atoms with Gasteiger partial charge in [0, 0.05) is 57.7 Å². The number of nitrogens with zero attached hydrogens (tertiary/aromatic N) is 7. The Morgan fingerprint density at radius 2 is 0.929 bits per heavy atom. The van der Waals surface area contributed by atoms with Crippen molar-refractivity contribution in [1.82, 2.24) is 39.9 Å². The molecule has 0 aliphatic carbocycles. The number of rotatable bonds is 4. The number of fused-ring (bicyclic) bond motifs is 6. The fourth-order valence-corrected chi connectivity index (χ4v) is 7.97. The predicted octanol–water partition coefficient (Wildman–Crippen LogP) is 11.6. The van der Waals surface area contributed by atoms with Crippen LogP contribution >= 0.6 is 22.7 Å². The molecule has 1 aromatic carbocycles. The number of hydrogen-bond acceptors (Lipinski definition) is 9. The van der Waals surface area contributed by atoms with Crippen molar-refractivity contribution in [2.45, 2.75) is 27.7 Å². The van der Waals surface area contributed by atoms with Gasteiger partial charge in [0.2, 0.25) is 0 Å². The Morgan fingerprint density at radius 1 is 0.446 bits per heavy atom. The van der Waals surface area contributed by atoms with Crippen molar-refractivity contribution in [1.29, 1.82) is 0 Å². The maximum absolute atomic E-state index is 4.95. The molecular formula is C45H36N8RuS2+3. The Balaban J connectivity index is 0.000000141. The number of nitrogens with one attached hydrogen (secondary N) is 1. The summed E-state index contributed by atoms with van der Waals surface area (Å²) in [4.78, 5) is 38.5. The summed E-state index contributed by atoms with van der Waals surface area (Å²) < 4.78 is 0. The van der Waals surface area contributed by atoms with Crippen LogP contribution in [0.15, 0.2) is 140 Å². The molecule has 1 N–H and O–H groups in total. The number of aromatic amines is 1. The summed E-state index contributed by atoms with van der Waals surface area (Å²) in [6.07, 6.45) is 10.9. The summed E-state index contributed by atoms with van der Waals surface area (Å²) in [6.45, 7) is 8.23. The van der Waals surface area contributed by atoms with E-state index in [0.717, 1.165) is 66.3 Å². The van der Waals surface area contributed by atoms with Gasteiger partial charge in [0.1, 0.15) is 5.82 Å². The smallest absolute Gasteiger partial charge is 0.337 e. The van der Waals surface area contributed by atoms with E-state index in [-0.39, 0.29) is 19.5 Å². The van der Waals surface area contributed by atoms with Crippen LogP contribution in [0.1, 0.15) is 22.3 Å². The van der Waals surface area contributed by atoms with E-state index in [1.807, 2.05) is 97.8 Å². The van der Waals surface area contributed by atoms with Crippen molar-refractivity contribution in [2.75, 3.05) is 0 Å². The first-order chi connectivity index (χ1) is 26.9. The topological polar surface area (TPSA) is 106 Å². The summed E-state index contributed by atoms with van der Waals surface area (Å²) in [5, 5.41) is 4.18. The number of aromatic nitrogens is 8. The Kier molecular flexibility index (Phi) is 11.9. The maximum atomic E-state index is 4.95. The Morgan fingerprint density at radius 3 is 1.41 bits per heavy atom. The molecule has 0 bridgehead atoms. The van der Waals surface area contributed by atoms with Gasteiger partial charge in [-0.25, -0.2) is 4.98 Å². The van der Waals surface area contributed by atoms with Gasteiger partial charge in [-0.2, -0.15) is 0 Å². The van der Waals surface area contributed by atoms with Crippen LogP contribution in [0.5, 0.6) is 0 Å². The molecule has 9 aromatic heterocycles. The molecule has 10 aromatic rings. The molecule has 0 saturated carbocycles. The van der Waals surface area contributed by atoms with E-state index in [4.69, 9.17) is 4.98 Å². The third-order valence-corrected chi connectivity index (χ3v) is 11.0. The normalized spacial score (nSPS) is 10.7. The van der Waals surface area contributed by atoms with Gasteiger partial charge in [-0.05, 0) is 146 Å². The molecule has 56 heavy (non-hydrogen) atoms. The van der Waals surface area contributed by atoms with Gasteiger partial charge < -0.3 is 4.98 Å². The third-order valence-electron chi connectivity index (χ3n) is 8.86. The molecule has 9 heterocycles. The molecule has 10 rings (SSSR count). The first-order valence-corrected chi connectivity index (χ1v) is 19.5. The minimum absolute atomic E-state index is 0. The summed E-state index contributed by atoms with van der Waals surface area (Å²) in [5.74, 6) is 0.888. The second-order valence-electron chi connectivity index (χ2n) is 13.1. The van der Waals surface area contributed by atoms with Crippen LogP contribution in [-0.2, 0) is 19.5 Å². The fraction of sp³-hybridized carbons (Fsp3) is 0.0889. The predicted molar refractivity (Wildman–Crippen MR) is 227 cm³/mol. The van der Waals surface area contributed by atoms with E-state index in [2.05, 4.69) is 104 Å². The van der Waals surface area contributed by atoms with Crippen molar-refractivity contribution in [3.05, 3.63) is 162 Å². The zero-order valence-corrected chi connectivity index (χ0v) is 34.5. The zero-order valence-electron chi connectivity index (χ0n) is 31.1. The van der Waals surface area contributed by atoms with Crippen LogP contribution in [0.2, 0.25) is 0 Å². The van der Waals surface area contributed by atoms with Crippen molar-refractivity contribution in [2.24, 2.45) is 0 Å². The van der Waals surface area contributed by atoms with Crippen LogP contribution in [-0.4, -0.2) is 39.9 Å². The number of pyridine rings is 6. The molecule has 0 amide bonds. The molecule has 0 atom stereocenters. The first kappa shape index (κ1) is 38.4. The molecular weight excluding hydrogens is 818 g/mol. The fourth-order valence-electron chi connectivity index (χ4n) is 6.18. The Hall–Kier alpha value is -5.87. The average molecular weight is 854 g/mol. The Labute approximate surface area is 345 Å². The molecule has 1 radical (unpaired) electrons. The average Bonchev–Trinajstić information content (AvgIpc) is 4.01. The van der Waals surface area contributed by atoms with Gasteiger partial charge in [0.25, 0.3) is 0 Å². The van der Waals surface area contributed by atoms with Crippen molar-refractivity contribution in [3.63, 3.8) is 0 Å². The van der Waals surface area contributed by atoms with E-state index in [0.29, 0.717) is 0 Å². The quantitative estimate of drug-likeness (QED) is 0.139. The molecule has 0 unspecified atom stereocenters. The number of thiophene rings is 2. The number of aryl methyl sites for hydroxylation is 4. The van der Waals surface area contributed by atoms with Gasteiger partial charge in [0.15, 0.2) is 0 Å².